The Balaban J connectivity index is 1.71. The van der Waals surface area contributed by atoms with E-state index in [0.717, 1.165) is 16.5 Å². The molecule has 0 saturated carbocycles. The summed E-state index contributed by atoms with van der Waals surface area (Å²) in [4.78, 5) is 35.8. The highest BCUT2D eigenvalue weighted by Gasteiger charge is 2.24. The number of aryl methyl sites for hydroxylation is 1. The fourth-order valence-electron chi connectivity index (χ4n) is 3.17. The van der Waals surface area contributed by atoms with Gasteiger partial charge in [-0.2, -0.15) is 0 Å². The summed E-state index contributed by atoms with van der Waals surface area (Å²) in [5, 5.41) is 12.8. The van der Waals surface area contributed by atoms with E-state index in [0.29, 0.717) is 17.8 Å². The van der Waals surface area contributed by atoms with Crippen LogP contribution in [0.3, 0.4) is 0 Å². The number of hydrogen-bond donors (Lipinski definition) is 2. The molecule has 2 aromatic carbocycles. The molecule has 30 heavy (non-hydrogen) atoms. The number of aliphatic carboxylic acids is 1. The number of carboxylic acids is 1. The number of ether oxygens (including phenoxy) is 1. The van der Waals surface area contributed by atoms with Crippen LogP contribution in [0, 0.1) is 0 Å². The van der Waals surface area contributed by atoms with Gasteiger partial charge < -0.3 is 19.6 Å². The molecular weight excluding hydrogens is 386 g/mol. The molecule has 3 rings (SSSR count). The van der Waals surface area contributed by atoms with E-state index in [4.69, 9.17) is 9.15 Å². The van der Waals surface area contributed by atoms with Gasteiger partial charge in [0.15, 0.2) is 6.10 Å². The third-order valence-corrected chi connectivity index (χ3v) is 4.76. The van der Waals surface area contributed by atoms with E-state index in [1.165, 1.54) is 13.0 Å². The lowest BCUT2D eigenvalue weighted by Crippen LogP contribution is -2.47. The van der Waals surface area contributed by atoms with E-state index >= 15 is 0 Å². The highest BCUT2D eigenvalue weighted by atomic mass is 16.5. The first-order valence-corrected chi connectivity index (χ1v) is 9.68. The van der Waals surface area contributed by atoms with Gasteiger partial charge in [-0.15, -0.1) is 0 Å². The normalized spacial score (nSPS) is 12.9. The summed E-state index contributed by atoms with van der Waals surface area (Å²) < 4.78 is 10.9. The molecule has 156 valence electrons. The molecule has 2 N–H and O–H groups in total. The molecule has 7 heteroatoms. The summed E-state index contributed by atoms with van der Waals surface area (Å²) in [7, 11) is 0. The summed E-state index contributed by atoms with van der Waals surface area (Å²) in [6.45, 7) is 3.47. The summed E-state index contributed by atoms with van der Waals surface area (Å²) in [5.41, 5.74) is 1.59. The van der Waals surface area contributed by atoms with E-state index in [2.05, 4.69) is 5.32 Å². The zero-order valence-electron chi connectivity index (χ0n) is 16.8. The van der Waals surface area contributed by atoms with Gasteiger partial charge >= 0.3 is 11.6 Å². The lowest BCUT2D eigenvalue weighted by Gasteiger charge is -2.19. The van der Waals surface area contributed by atoms with Crippen molar-refractivity contribution in [3.05, 3.63) is 76.1 Å². The van der Waals surface area contributed by atoms with Crippen LogP contribution < -0.4 is 15.7 Å². The van der Waals surface area contributed by atoms with Crippen molar-refractivity contribution in [1.29, 1.82) is 0 Å². The average Bonchev–Trinajstić information content (AvgIpc) is 2.72. The van der Waals surface area contributed by atoms with E-state index in [9.17, 15) is 19.5 Å². The van der Waals surface area contributed by atoms with Crippen molar-refractivity contribution in [3.8, 4) is 5.75 Å². The molecule has 0 fully saturated rings. The quantitative estimate of drug-likeness (QED) is 0.554. The fourth-order valence-corrected chi connectivity index (χ4v) is 3.17. The topological polar surface area (TPSA) is 106 Å². The van der Waals surface area contributed by atoms with Crippen molar-refractivity contribution in [2.45, 2.75) is 38.8 Å². The molecule has 1 aromatic heterocycles. The molecular formula is C23H23NO6. The number of amides is 1. The highest BCUT2D eigenvalue weighted by molar-refractivity contribution is 5.87. The van der Waals surface area contributed by atoms with Crippen molar-refractivity contribution >= 4 is 22.8 Å². The molecule has 0 unspecified atom stereocenters. The predicted molar refractivity (Wildman–Crippen MR) is 112 cm³/mol. The Kier molecular flexibility index (Phi) is 6.51. The summed E-state index contributed by atoms with van der Waals surface area (Å²) in [6, 6.07) is 14.4. The second-order valence-electron chi connectivity index (χ2n) is 6.95. The van der Waals surface area contributed by atoms with Crippen molar-refractivity contribution in [3.63, 3.8) is 0 Å². The van der Waals surface area contributed by atoms with E-state index < -0.39 is 29.6 Å². The zero-order chi connectivity index (χ0) is 21.7. The van der Waals surface area contributed by atoms with Crippen LogP contribution in [0.25, 0.3) is 11.0 Å². The van der Waals surface area contributed by atoms with Gasteiger partial charge in [0.25, 0.3) is 5.91 Å². The van der Waals surface area contributed by atoms with Gasteiger partial charge in [-0.1, -0.05) is 37.3 Å². The predicted octanol–water partition coefficient (Wildman–Crippen LogP) is 2.93. The van der Waals surface area contributed by atoms with E-state index in [1.807, 2.05) is 25.1 Å². The van der Waals surface area contributed by atoms with Crippen molar-refractivity contribution in [2.24, 2.45) is 0 Å². The first-order valence-electron chi connectivity index (χ1n) is 9.68. The van der Waals surface area contributed by atoms with Gasteiger partial charge in [0.2, 0.25) is 0 Å². The molecule has 0 radical (unpaired) electrons. The third-order valence-electron chi connectivity index (χ3n) is 4.76. The molecule has 1 heterocycles. The maximum Gasteiger partial charge on any atom is 0.336 e. The minimum absolute atomic E-state index is 0.162. The van der Waals surface area contributed by atoms with Crippen LogP contribution >= 0.6 is 0 Å². The molecule has 0 aliphatic rings. The molecule has 0 saturated heterocycles. The van der Waals surface area contributed by atoms with Gasteiger partial charge in [0.05, 0.1) is 0 Å². The average molecular weight is 409 g/mol. The van der Waals surface area contributed by atoms with Crippen molar-refractivity contribution in [1.82, 2.24) is 5.32 Å². The molecule has 0 spiro atoms. The molecule has 1 amide bonds. The second-order valence-corrected chi connectivity index (χ2v) is 6.95. The van der Waals surface area contributed by atoms with Gasteiger partial charge in [-0.25, -0.2) is 9.59 Å². The van der Waals surface area contributed by atoms with E-state index in [-0.39, 0.29) is 6.42 Å². The highest BCUT2D eigenvalue weighted by Crippen LogP contribution is 2.23. The Morgan fingerprint density at radius 3 is 2.53 bits per heavy atom. The zero-order valence-corrected chi connectivity index (χ0v) is 16.8. The minimum Gasteiger partial charge on any atom is -0.481 e. The van der Waals surface area contributed by atoms with Crippen LogP contribution in [0.15, 0.2) is 63.8 Å². The Hall–Kier alpha value is -3.61. The van der Waals surface area contributed by atoms with Crippen molar-refractivity contribution < 1.29 is 23.8 Å². The molecule has 7 nitrogen and oxygen atoms in total. The number of hydrogen-bond acceptors (Lipinski definition) is 5. The Labute approximate surface area is 173 Å². The van der Waals surface area contributed by atoms with Gasteiger partial charge in [0.1, 0.15) is 17.4 Å². The smallest absolute Gasteiger partial charge is 0.336 e. The molecule has 2 atom stereocenters. The lowest BCUT2D eigenvalue weighted by molar-refractivity contribution is -0.142. The number of benzene rings is 2. The first kappa shape index (κ1) is 21.1. The number of carbonyl (C=O) groups is 2. The first-order chi connectivity index (χ1) is 14.4. The van der Waals surface area contributed by atoms with Crippen LogP contribution in [0.1, 0.15) is 25.0 Å². The minimum atomic E-state index is -1.13. The van der Waals surface area contributed by atoms with Crippen LogP contribution in [-0.2, 0) is 22.4 Å². The maximum absolute atomic E-state index is 12.5. The third kappa shape index (κ3) is 5.05. The largest absolute Gasteiger partial charge is 0.481 e. The van der Waals surface area contributed by atoms with Gasteiger partial charge in [-0.3, -0.25) is 4.79 Å². The Morgan fingerprint density at radius 2 is 1.87 bits per heavy atom. The summed E-state index contributed by atoms with van der Waals surface area (Å²) >= 11 is 0. The SMILES string of the molecule is CCc1cc(=O)oc2cc(O[C@H](C)C(=O)N[C@@H](Cc3ccccc3)C(=O)O)ccc12. The lowest BCUT2D eigenvalue weighted by atomic mass is 10.1. The standard InChI is InChI=1S/C23H23NO6/c1-3-16-12-21(25)30-20-13-17(9-10-18(16)20)29-14(2)22(26)24-19(23(27)28)11-15-7-5-4-6-8-15/h4-10,12-14,19H,3,11H2,1-2H3,(H,24,26)(H,27,28)/t14-,19+/m1/s1. The molecule has 0 bridgehead atoms. The number of rotatable bonds is 8. The fraction of sp³-hybridized carbons (Fsp3) is 0.261. The van der Waals surface area contributed by atoms with Crippen LogP contribution in [0.2, 0.25) is 0 Å². The number of fused-ring (bicyclic) bond motifs is 1. The Morgan fingerprint density at radius 1 is 1.13 bits per heavy atom. The number of carboxylic acid groups (broad SMARTS) is 1. The number of carbonyl (C=O) groups excluding carboxylic acids is 1. The molecule has 0 aliphatic carbocycles. The monoisotopic (exact) mass is 409 g/mol. The maximum atomic E-state index is 12.5. The van der Waals surface area contributed by atoms with E-state index in [1.54, 1.807) is 30.3 Å². The summed E-state index contributed by atoms with van der Waals surface area (Å²) in [6.07, 6.45) is -0.101. The van der Waals surface area contributed by atoms with Crippen LogP contribution in [-0.4, -0.2) is 29.1 Å². The van der Waals surface area contributed by atoms with Crippen molar-refractivity contribution in [2.75, 3.05) is 0 Å². The van der Waals surface area contributed by atoms with Gasteiger partial charge in [-0.05, 0) is 36.6 Å². The van der Waals surface area contributed by atoms with Gasteiger partial charge in [0, 0.05) is 23.9 Å². The van der Waals surface area contributed by atoms with Crippen LogP contribution in [0.4, 0.5) is 0 Å². The van der Waals surface area contributed by atoms with Crippen LogP contribution in [0.5, 0.6) is 5.75 Å². The summed E-state index contributed by atoms with van der Waals surface area (Å²) in [5.74, 6) is -1.34. The second kappa shape index (κ2) is 9.26. The molecule has 3 aromatic rings. The number of nitrogens with one attached hydrogen (secondary N) is 1. The Bertz CT molecular complexity index is 1110. The molecule has 0 aliphatic heterocycles.